The van der Waals surface area contributed by atoms with Gasteiger partial charge in [0.2, 0.25) is 0 Å². The van der Waals surface area contributed by atoms with Gasteiger partial charge in [-0.3, -0.25) is 14.5 Å². The Kier molecular flexibility index (Phi) is 8.49. The Bertz CT molecular complexity index is 1400. The number of amides is 3. The number of hydrogen-bond donors (Lipinski definition) is 0. The van der Waals surface area contributed by atoms with Crippen LogP contribution in [0.3, 0.4) is 0 Å². The van der Waals surface area contributed by atoms with Crippen LogP contribution in [0.5, 0.6) is 0 Å². The van der Waals surface area contributed by atoms with Crippen LogP contribution in [0.4, 0.5) is 10.5 Å². The summed E-state index contributed by atoms with van der Waals surface area (Å²) in [4.78, 5) is 42.8. The number of nitrogens with zero attached hydrogens (tertiary/aromatic N) is 2. The number of benzene rings is 3. The number of esters is 1. The molecule has 2 fully saturated rings. The summed E-state index contributed by atoms with van der Waals surface area (Å²) in [6.07, 6.45) is -0.392. The van der Waals surface area contributed by atoms with E-state index in [2.05, 4.69) is 15.9 Å². The van der Waals surface area contributed by atoms with E-state index in [-0.39, 0.29) is 35.4 Å². The number of carbonyl (C=O) groups is 3. The van der Waals surface area contributed by atoms with Crippen LogP contribution in [0.25, 0.3) is 0 Å². The smallest absolute Gasteiger partial charge is 0.335 e. The van der Waals surface area contributed by atoms with E-state index in [1.807, 2.05) is 54.6 Å². The Balaban J connectivity index is 1.34. The Hall–Kier alpha value is -2.95. The van der Waals surface area contributed by atoms with Gasteiger partial charge in [-0.1, -0.05) is 81.6 Å². The van der Waals surface area contributed by atoms with Gasteiger partial charge in [-0.15, -0.1) is 0 Å². The van der Waals surface area contributed by atoms with Crippen LogP contribution < -0.4 is 4.90 Å². The summed E-state index contributed by atoms with van der Waals surface area (Å²) in [5, 5.41) is 0.544. The number of carbonyl (C=O) groups excluding carboxylic acids is 3. The highest BCUT2D eigenvalue weighted by atomic mass is 79.9. The first kappa shape index (κ1) is 28.6. The minimum atomic E-state index is -1.36. The Labute approximate surface area is 249 Å². The molecule has 1 unspecified atom stereocenters. The van der Waals surface area contributed by atoms with E-state index < -0.39 is 42.4 Å². The van der Waals surface area contributed by atoms with E-state index in [1.54, 1.807) is 6.92 Å². The lowest BCUT2D eigenvalue weighted by Gasteiger charge is -2.32. The molecule has 0 saturated carbocycles. The molecule has 3 aromatic rings. The molecule has 3 amide bonds. The molecule has 2 aliphatic heterocycles. The third-order valence-electron chi connectivity index (χ3n) is 6.89. The van der Waals surface area contributed by atoms with Gasteiger partial charge < -0.3 is 14.2 Å². The molecule has 2 saturated heterocycles. The highest BCUT2D eigenvalue weighted by Gasteiger charge is 2.55. The molecule has 3 aromatic carbocycles. The Morgan fingerprint density at radius 1 is 1.00 bits per heavy atom. The molecule has 0 aliphatic carbocycles. The third-order valence-corrected chi connectivity index (χ3v) is 7.85. The number of anilines is 1. The Morgan fingerprint density at radius 2 is 1.62 bits per heavy atom. The summed E-state index contributed by atoms with van der Waals surface area (Å²) in [5.74, 6) is -1.78. The lowest BCUT2D eigenvalue weighted by atomic mass is 9.91. The van der Waals surface area contributed by atoms with E-state index in [1.165, 1.54) is 23.1 Å². The maximum absolute atomic E-state index is 13.8. The highest BCUT2D eigenvalue weighted by Crippen LogP contribution is 2.37. The van der Waals surface area contributed by atoms with Crippen molar-refractivity contribution in [2.45, 2.75) is 25.2 Å². The highest BCUT2D eigenvalue weighted by molar-refractivity contribution is 9.10. The zero-order valence-corrected chi connectivity index (χ0v) is 24.5. The summed E-state index contributed by atoms with van der Waals surface area (Å²) in [6.45, 7) is 1.38. The zero-order chi connectivity index (χ0) is 28.4. The van der Waals surface area contributed by atoms with Gasteiger partial charge in [-0.25, -0.2) is 9.69 Å². The van der Waals surface area contributed by atoms with Crippen molar-refractivity contribution in [1.82, 2.24) is 4.90 Å². The van der Waals surface area contributed by atoms with Crippen LogP contribution in [0.1, 0.15) is 24.3 Å². The average molecular weight is 648 g/mol. The summed E-state index contributed by atoms with van der Waals surface area (Å²) in [7, 11) is 0. The van der Waals surface area contributed by atoms with Crippen molar-refractivity contribution in [1.29, 1.82) is 0 Å². The average Bonchev–Trinajstić information content (AvgIpc) is 3.12. The molecular formula is C29H25BrCl2N2O6. The van der Waals surface area contributed by atoms with Gasteiger partial charge in [-0.05, 0) is 42.8 Å². The second kappa shape index (κ2) is 11.9. The first-order chi connectivity index (χ1) is 19.2. The van der Waals surface area contributed by atoms with E-state index >= 15 is 0 Å². The van der Waals surface area contributed by atoms with Crippen molar-refractivity contribution >= 4 is 62.7 Å². The summed E-state index contributed by atoms with van der Waals surface area (Å²) < 4.78 is 17.9. The van der Waals surface area contributed by atoms with Gasteiger partial charge >= 0.3 is 12.0 Å². The number of imide groups is 1. The van der Waals surface area contributed by atoms with Gasteiger partial charge in [0.05, 0.1) is 18.9 Å². The Morgan fingerprint density at radius 3 is 2.25 bits per heavy atom. The van der Waals surface area contributed by atoms with Crippen LogP contribution in [0, 0.1) is 5.92 Å². The van der Waals surface area contributed by atoms with Crippen LogP contribution in [0.2, 0.25) is 10.0 Å². The minimum Gasteiger partial charge on any atom is -0.444 e. The maximum atomic E-state index is 13.8. The number of urea groups is 1. The van der Waals surface area contributed by atoms with E-state index in [4.69, 9.17) is 37.4 Å². The fraction of sp³-hybridized carbons (Fsp3) is 0.276. The molecule has 8 nitrogen and oxygen atoms in total. The van der Waals surface area contributed by atoms with Crippen LogP contribution in [0.15, 0.2) is 77.3 Å². The molecule has 0 N–H and O–H groups in total. The zero-order valence-electron chi connectivity index (χ0n) is 21.4. The predicted molar refractivity (Wildman–Crippen MR) is 153 cm³/mol. The third kappa shape index (κ3) is 5.89. The molecule has 0 bridgehead atoms. The van der Waals surface area contributed by atoms with Gasteiger partial charge in [0.1, 0.15) is 11.5 Å². The molecule has 0 radical (unpaired) electrons. The van der Waals surface area contributed by atoms with Crippen molar-refractivity contribution in [3.63, 3.8) is 0 Å². The standard InChI is InChI=1S/C29H25BrCl2N2O6/c1-29(14-18-7-9-21(30)10-8-18)27(36)34(24-12-22(31)11-23(32)13-24)28(37)33(29)17-40-25(35)20-15-38-26(39-16-20)19-5-3-2-4-6-19/h2-13,20,26H,14-17H2,1H3. The molecule has 0 aromatic heterocycles. The van der Waals surface area contributed by atoms with Gasteiger partial charge in [0.15, 0.2) is 13.0 Å². The van der Waals surface area contributed by atoms with Crippen molar-refractivity contribution in [3.05, 3.63) is 98.4 Å². The number of rotatable bonds is 7. The monoisotopic (exact) mass is 646 g/mol. The summed E-state index contributed by atoms with van der Waals surface area (Å²) >= 11 is 15.7. The van der Waals surface area contributed by atoms with E-state index in [0.29, 0.717) is 0 Å². The topological polar surface area (TPSA) is 85.4 Å². The molecular weight excluding hydrogens is 623 g/mol. The van der Waals surface area contributed by atoms with Crippen LogP contribution in [-0.4, -0.2) is 48.3 Å². The fourth-order valence-electron chi connectivity index (χ4n) is 4.73. The van der Waals surface area contributed by atoms with Gasteiger partial charge in [-0.2, -0.15) is 0 Å². The molecule has 2 heterocycles. The van der Waals surface area contributed by atoms with Crippen molar-refractivity contribution in [2.75, 3.05) is 24.8 Å². The molecule has 40 heavy (non-hydrogen) atoms. The largest absolute Gasteiger partial charge is 0.444 e. The van der Waals surface area contributed by atoms with Crippen LogP contribution in [-0.2, 0) is 30.2 Å². The summed E-state index contributed by atoms with van der Waals surface area (Å²) in [6, 6.07) is 20.6. The summed E-state index contributed by atoms with van der Waals surface area (Å²) in [5.41, 5.74) is 0.526. The first-order valence-electron chi connectivity index (χ1n) is 12.5. The maximum Gasteiger partial charge on any atom is 0.335 e. The predicted octanol–water partition coefficient (Wildman–Crippen LogP) is 6.39. The normalized spacial score (nSPS) is 23.0. The minimum absolute atomic E-state index is 0.0918. The lowest BCUT2D eigenvalue weighted by molar-refractivity contribution is -0.214. The second-order valence-electron chi connectivity index (χ2n) is 9.75. The second-order valence-corrected chi connectivity index (χ2v) is 11.5. The molecule has 11 heteroatoms. The molecule has 208 valence electrons. The quantitative estimate of drug-likeness (QED) is 0.218. The molecule has 0 spiro atoms. The first-order valence-corrected chi connectivity index (χ1v) is 14.0. The van der Waals surface area contributed by atoms with E-state index in [0.717, 1.165) is 20.5 Å². The molecule has 2 aliphatic rings. The van der Waals surface area contributed by atoms with Gasteiger partial charge in [0.25, 0.3) is 5.91 Å². The van der Waals surface area contributed by atoms with Crippen molar-refractivity contribution in [3.8, 4) is 0 Å². The number of hydrogen-bond acceptors (Lipinski definition) is 6. The van der Waals surface area contributed by atoms with E-state index in [9.17, 15) is 14.4 Å². The van der Waals surface area contributed by atoms with Crippen molar-refractivity contribution in [2.24, 2.45) is 5.92 Å². The molecule has 1 atom stereocenters. The fourth-order valence-corrected chi connectivity index (χ4v) is 5.51. The van der Waals surface area contributed by atoms with Gasteiger partial charge in [0, 0.05) is 26.5 Å². The van der Waals surface area contributed by atoms with Crippen LogP contribution >= 0.6 is 39.1 Å². The van der Waals surface area contributed by atoms with Crippen molar-refractivity contribution < 1.29 is 28.6 Å². The lowest BCUT2D eigenvalue weighted by Crippen LogP contribution is -2.50. The SMILES string of the molecule is CC1(Cc2ccc(Br)cc2)C(=O)N(c2cc(Cl)cc(Cl)c2)C(=O)N1COC(=O)C1COC(c2ccccc2)OC1. The number of halogens is 3. The number of ether oxygens (including phenoxy) is 3. The molecule has 5 rings (SSSR count).